The van der Waals surface area contributed by atoms with E-state index in [1.54, 1.807) is 28.8 Å². The summed E-state index contributed by atoms with van der Waals surface area (Å²) in [5, 5.41) is 12.8. The van der Waals surface area contributed by atoms with Crippen molar-refractivity contribution in [1.29, 1.82) is 0 Å². The lowest BCUT2D eigenvalue weighted by molar-refractivity contribution is 0.00570. The van der Waals surface area contributed by atoms with Gasteiger partial charge in [0.2, 0.25) is 0 Å². The number of piperazine rings is 1. The number of hydrogen-bond donors (Lipinski definition) is 0. The van der Waals surface area contributed by atoms with Crippen molar-refractivity contribution in [2.24, 2.45) is 0 Å². The molecule has 9 nitrogen and oxygen atoms in total. The SMILES string of the molecule is COC(=O)c1ccc(C(=O)N2C3CC2CN(c2ccc4nnc(C)n4n2)C3)cc1. The quantitative estimate of drug-likeness (QED) is 0.621. The number of esters is 1. The highest BCUT2D eigenvalue weighted by Crippen LogP contribution is 2.35. The zero-order chi connectivity index (χ0) is 20.1. The first-order valence-electron chi connectivity index (χ1n) is 9.50. The van der Waals surface area contributed by atoms with E-state index in [1.165, 1.54) is 7.11 Å². The molecule has 2 atom stereocenters. The smallest absolute Gasteiger partial charge is 0.337 e. The zero-order valence-electron chi connectivity index (χ0n) is 16.1. The molecule has 0 N–H and O–H groups in total. The van der Waals surface area contributed by atoms with Crippen molar-refractivity contribution in [3.05, 3.63) is 53.3 Å². The molecule has 0 saturated carbocycles. The number of rotatable bonds is 3. The first kappa shape index (κ1) is 17.6. The first-order valence-corrected chi connectivity index (χ1v) is 9.50. The van der Waals surface area contributed by atoms with E-state index in [0.29, 0.717) is 11.1 Å². The molecule has 6 rings (SSSR count). The zero-order valence-corrected chi connectivity index (χ0v) is 16.1. The molecule has 2 aromatic heterocycles. The van der Waals surface area contributed by atoms with E-state index in [0.717, 1.165) is 36.8 Å². The number of amides is 1. The van der Waals surface area contributed by atoms with Crippen molar-refractivity contribution in [1.82, 2.24) is 24.7 Å². The number of carbonyl (C=O) groups excluding carboxylic acids is 2. The van der Waals surface area contributed by atoms with Gasteiger partial charge in [0.15, 0.2) is 11.5 Å². The van der Waals surface area contributed by atoms with Crippen LogP contribution < -0.4 is 4.90 Å². The second-order valence-electron chi connectivity index (χ2n) is 7.44. The average molecular weight is 392 g/mol. The molecule has 3 aromatic rings. The number of aryl methyl sites for hydroxylation is 1. The van der Waals surface area contributed by atoms with Crippen molar-refractivity contribution >= 4 is 23.3 Å². The summed E-state index contributed by atoms with van der Waals surface area (Å²) in [4.78, 5) is 28.7. The van der Waals surface area contributed by atoms with E-state index in [9.17, 15) is 9.59 Å². The van der Waals surface area contributed by atoms with Gasteiger partial charge in [-0.3, -0.25) is 4.79 Å². The molecule has 1 amide bonds. The summed E-state index contributed by atoms with van der Waals surface area (Å²) in [7, 11) is 1.34. The Morgan fingerprint density at radius 3 is 2.38 bits per heavy atom. The summed E-state index contributed by atoms with van der Waals surface area (Å²) in [5.74, 6) is 1.20. The summed E-state index contributed by atoms with van der Waals surface area (Å²) in [6.07, 6.45) is 0.996. The number of aromatic nitrogens is 4. The number of benzene rings is 1. The van der Waals surface area contributed by atoms with E-state index in [4.69, 9.17) is 4.74 Å². The highest BCUT2D eigenvalue weighted by molar-refractivity contribution is 5.97. The third-order valence-corrected chi connectivity index (χ3v) is 5.71. The van der Waals surface area contributed by atoms with Gasteiger partial charge >= 0.3 is 5.97 Å². The molecule has 2 bridgehead atoms. The fraction of sp³-hybridized carbons (Fsp3) is 0.350. The monoisotopic (exact) mass is 392 g/mol. The lowest BCUT2D eigenvalue weighted by Crippen LogP contribution is -2.70. The number of hydrogen-bond acceptors (Lipinski definition) is 7. The Hall–Kier alpha value is -3.49. The Morgan fingerprint density at radius 1 is 1.00 bits per heavy atom. The molecule has 3 saturated heterocycles. The fourth-order valence-electron chi connectivity index (χ4n) is 4.20. The molecule has 9 heteroatoms. The number of piperidine rings is 1. The summed E-state index contributed by atoms with van der Waals surface area (Å²) >= 11 is 0. The maximum Gasteiger partial charge on any atom is 0.337 e. The minimum absolute atomic E-state index is 0.000353. The van der Waals surface area contributed by atoms with Crippen molar-refractivity contribution < 1.29 is 14.3 Å². The van der Waals surface area contributed by atoms with Crippen LogP contribution in [0.5, 0.6) is 0 Å². The van der Waals surface area contributed by atoms with Crippen molar-refractivity contribution in [2.45, 2.75) is 25.4 Å². The van der Waals surface area contributed by atoms with Gasteiger partial charge in [0.1, 0.15) is 5.82 Å². The Labute approximate surface area is 166 Å². The van der Waals surface area contributed by atoms with Gasteiger partial charge in [-0.25, -0.2) is 4.79 Å². The summed E-state index contributed by atoms with van der Waals surface area (Å²) in [6.45, 7) is 3.35. The van der Waals surface area contributed by atoms with Crippen molar-refractivity contribution in [3.63, 3.8) is 0 Å². The highest BCUT2D eigenvalue weighted by atomic mass is 16.5. The molecular formula is C20H20N6O3. The van der Waals surface area contributed by atoms with Gasteiger partial charge in [-0.15, -0.1) is 15.3 Å². The maximum atomic E-state index is 13.0. The molecule has 3 fully saturated rings. The topological polar surface area (TPSA) is 92.9 Å². The van der Waals surface area contributed by atoms with Crippen LogP contribution in [0.4, 0.5) is 5.82 Å². The normalized spacial score (nSPS) is 20.5. The van der Waals surface area contributed by atoms with Crippen LogP contribution in [0.25, 0.3) is 5.65 Å². The number of fused-ring (bicyclic) bond motifs is 3. The van der Waals surface area contributed by atoms with Crippen LogP contribution in [0.1, 0.15) is 33.0 Å². The number of methoxy groups -OCH3 is 1. The largest absolute Gasteiger partial charge is 0.465 e. The second kappa shape index (κ2) is 6.54. The van der Waals surface area contributed by atoms with Crippen LogP contribution in [-0.2, 0) is 4.74 Å². The van der Waals surface area contributed by atoms with Crippen LogP contribution in [-0.4, -0.2) is 68.9 Å². The predicted octanol–water partition coefficient (Wildman–Crippen LogP) is 1.32. The third-order valence-electron chi connectivity index (χ3n) is 5.71. The van der Waals surface area contributed by atoms with Gasteiger partial charge in [0, 0.05) is 18.7 Å². The average Bonchev–Trinajstić information content (AvgIpc) is 3.13. The maximum absolute atomic E-state index is 13.0. The minimum Gasteiger partial charge on any atom is -0.465 e. The Bertz CT molecular complexity index is 1100. The van der Waals surface area contributed by atoms with Crippen LogP contribution in [0.3, 0.4) is 0 Å². The number of anilines is 1. The molecular weight excluding hydrogens is 372 g/mol. The fourth-order valence-corrected chi connectivity index (χ4v) is 4.20. The second-order valence-corrected chi connectivity index (χ2v) is 7.44. The van der Waals surface area contributed by atoms with E-state index in [-0.39, 0.29) is 18.0 Å². The molecule has 2 unspecified atom stereocenters. The van der Waals surface area contributed by atoms with Crippen LogP contribution in [0, 0.1) is 6.92 Å². The molecule has 5 heterocycles. The Kier molecular flexibility index (Phi) is 3.97. The number of ether oxygens (including phenoxy) is 1. The highest BCUT2D eigenvalue weighted by Gasteiger charge is 2.47. The Morgan fingerprint density at radius 2 is 1.69 bits per heavy atom. The summed E-state index contributed by atoms with van der Waals surface area (Å²) in [6, 6.07) is 10.8. The molecule has 3 aliphatic heterocycles. The molecule has 0 radical (unpaired) electrons. The van der Waals surface area contributed by atoms with Crippen molar-refractivity contribution in [2.75, 3.05) is 25.1 Å². The van der Waals surface area contributed by atoms with E-state index < -0.39 is 5.97 Å². The van der Waals surface area contributed by atoms with Crippen LogP contribution in [0.2, 0.25) is 0 Å². The molecule has 0 aliphatic carbocycles. The minimum atomic E-state index is -0.409. The molecule has 148 valence electrons. The van der Waals surface area contributed by atoms with Gasteiger partial charge < -0.3 is 14.5 Å². The van der Waals surface area contributed by atoms with E-state index >= 15 is 0 Å². The van der Waals surface area contributed by atoms with Gasteiger partial charge in [0.05, 0.1) is 24.8 Å². The van der Waals surface area contributed by atoms with E-state index in [2.05, 4.69) is 20.2 Å². The first-order chi connectivity index (χ1) is 14.0. The molecule has 1 aromatic carbocycles. The third kappa shape index (κ3) is 2.81. The Balaban J connectivity index is 1.31. The van der Waals surface area contributed by atoms with Gasteiger partial charge in [-0.1, -0.05) is 0 Å². The van der Waals surface area contributed by atoms with Gasteiger partial charge in [0.25, 0.3) is 5.91 Å². The molecule has 3 aliphatic rings. The summed E-state index contributed by atoms with van der Waals surface area (Å²) in [5.41, 5.74) is 1.74. The molecule has 0 spiro atoms. The van der Waals surface area contributed by atoms with Crippen molar-refractivity contribution in [3.8, 4) is 0 Å². The summed E-state index contributed by atoms with van der Waals surface area (Å²) < 4.78 is 6.44. The lowest BCUT2D eigenvalue weighted by Gasteiger charge is -2.56. The number of carbonyl (C=O) groups is 2. The van der Waals surface area contributed by atoms with Crippen LogP contribution >= 0.6 is 0 Å². The lowest BCUT2D eigenvalue weighted by atomic mass is 9.86. The number of nitrogens with zero attached hydrogens (tertiary/aromatic N) is 6. The predicted molar refractivity (Wildman–Crippen MR) is 104 cm³/mol. The van der Waals surface area contributed by atoms with Crippen LogP contribution in [0.15, 0.2) is 36.4 Å². The van der Waals surface area contributed by atoms with E-state index in [1.807, 2.05) is 24.0 Å². The van der Waals surface area contributed by atoms with Gasteiger partial charge in [-0.05, 0) is 49.7 Å². The standard InChI is InChI=1S/C20H20N6O3/c1-12-21-22-17-7-8-18(23-26(12)17)24-10-15-9-16(11-24)25(15)19(27)13-3-5-14(6-4-13)20(28)29-2/h3-8,15-16H,9-11H2,1-2H3. The van der Waals surface area contributed by atoms with Gasteiger partial charge in [-0.2, -0.15) is 4.52 Å². The molecule has 29 heavy (non-hydrogen) atoms.